The summed E-state index contributed by atoms with van der Waals surface area (Å²) < 4.78 is 32.9. The van der Waals surface area contributed by atoms with Gasteiger partial charge in [0, 0.05) is 36.5 Å². The normalized spacial score (nSPS) is 16.1. The van der Waals surface area contributed by atoms with Crippen molar-refractivity contribution in [1.29, 1.82) is 0 Å². The molecule has 1 fully saturated rings. The fraction of sp³-hybridized carbons (Fsp3) is 0.364. The van der Waals surface area contributed by atoms with Crippen molar-refractivity contribution < 1.29 is 22.7 Å². The van der Waals surface area contributed by atoms with E-state index >= 15 is 0 Å². The molecule has 1 heterocycles. The summed E-state index contributed by atoms with van der Waals surface area (Å²) in [6.45, 7) is 4.49. The van der Waals surface area contributed by atoms with Gasteiger partial charge < -0.3 is 15.4 Å². The lowest BCUT2D eigenvalue weighted by Gasteiger charge is -2.13. The monoisotopic (exact) mass is 445 g/mol. The third-order valence-electron chi connectivity index (χ3n) is 5.04. The van der Waals surface area contributed by atoms with Gasteiger partial charge in [-0.2, -0.15) is 0 Å². The van der Waals surface area contributed by atoms with Gasteiger partial charge in [-0.15, -0.1) is 0 Å². The smallest absolute Gasteiger partial charge is 0.255 e. The highest BCUT2D eigenvalue weighted by molar-refractivity contribution is 7.89. The molecular formula is C22H27N3O5S. The van der Waals surface area contributed by atoms with E-state index in [1.165, 1.54) is 24.3 Å². The van der Waals surface area contributed by atoms with Crippen LogP contribution in [0.25, 0.3) is 0 Å². The molecule has 3 rings (SSSR count). The van der Waals surface area contributed by atoms with E-state index in [2.05, 4.69) is 15.4 Å². The highest BCUT2D eigenvalue weighted by Crippen LogP contribution is 2.22. The fourth-order valence-corrected chi connectivity index (χ4v) is 4.22. The number of benzene rings is 2. The molecule has 0 saturated carbocycles. The summed E-state index contributed by atoms with van der Waals surface area (Å²) in [4.78, 5) is 24.3. The minimum absolute atomic E-state index is 0.0857. The number of hydrogen-bond acceptors (Lipinski definition) is 5. The SMILES string of the molecule is CCC(=O)Nc1ccc(C)c(NC(=O)c2ccc(S(=O)(=O)NCC3CCCO3)cc2)c1. The van der Waals surface area contributed by atoms with Gasteiger partial charge in [-0.25, -0.2) is 13.1 Å². The number of rotatable bonds is 8. The first kappa shape index (κ1) is 22.9. The summed E-state index contributed by atoms with van der Waals surface area (Å²) in [5.41, 5.74) is 2.31. The first-order chi connectivity index (χ1) is 14.8. The number of carbonyl (C=O) groups excluding carboxylic acids is 2. The highest BCUT2D eigenvalue weighted by atomic mass is 32.2. The zero-order valence-corrected chi connectivity index (χ0v) is 18.4. The molecule has 8 nitrogen and oxygen atoms in total. The molecule has 0 spiro atoms. The predicted octanol–water partition coefficient (Wildman–Crippen LogP) is 3.05. The van der Waals surface area contributed by atoms with Crippen LogP contribution < -0.4 is 15.4 Å². The molecule has 31 heavy (non-hydrogen) atoms. The molecule has 2 aromatic rings. The Bertz CT molecular complexity index is 1050. The van der Waals surface area contributed by atoms with Crippen LogP contribution in [-0.4, -0.2) is 39.5 Å². The Kier molecular flexibility index (Phi) is 7.42. The van der Waals surface area contributed by atoms with Gasteiger partial charge in [-0.1, -0.05) is 13.0 Å². The molecule has 3 N–H and O–H groups in total. The number of anilines is 2. The number of sulfonamides is 1. The molecule has 1 aliphatic rings. The fourth-order valence-electron chi connectivity index (χ4n) is 3.16. The molecule has 0 radical (unpaired) electrons. The van der Waals surface area contributed by atoms with Crippen LogP contribution >= 0.6 is 0 Å². The summed E-state index contributed by atoms with van der Waals surface area (Å²) in [6.07, 6.45) is 2.03. The van der Waals surface area contributed by atoms with Crippen LogP contribution in [0.1, 0.15) is 42.1 Å². The third-order valence-corrected chi connectivity index (χ3v) is 6.48. The van der Waals surface area contributed by atoms with E-state index in [9.17, 15) is 18.0 Å². The quantitative estimate of drug-likeness (QED) is 0.578. The number of carbonyl (C=O) groups is 2. The van der Waals surface area contributed by atoms with Gasteiger partial charge in [-0.05, 0) is 61.7 Å². The van der Waals surface area contributed by atoms with Crippen molar-refractivity contribution in [3.05, 3.63) is 53.6 Å². The molecular weight excluding hydrogens is 418 g/mol. The molecule has 1 aliphatic heterocycles. The van der Waals surface area contributed by atoms with Gasteiger partial charge >= 0.3 is 0 Å². The molecule has 0 aromatic heterocycles. The molecule has 2 aromatic carbocycles. The number of amides is 2. The molecule has 1 unspecified atom stereocenters. The van der Waals surface area contributed by atoms with Crippen molar-refractivity contribution in [1.82, 2.24) is 4.72 Å². The van der Waals surface area contributed by atoms with E-state index in [4.69, 9.17) is 4.74 Å². The van der Waals surface area contributed by atoms with Crippen LogP contribution in [-0.2, 0) is 19.6 Å². The second-order valence-corrected chi connectivity index (χ2v) is 9.16. The number of ether oxygens (including phenoxy) is 1. The Labute approximate surface area is 182 Å². The van der Waals surface area contributed by atoms with E-state index in [0.29, 0.717) is 30.0 Å². The second kappa shape index (κ2) is 10.0. The topological polar surface area (TPSA) is 114 Å². The van der Waals surface area contributed by atoms with Crippen LogP contribution in [0, 0.1) is 6.92 Å². The van der Waals surface area contributed by atoms with Gasteiger partial charge in [0.1, 0.15) is 0 Å². The van der Waals surface area contributed by atoms with Gasteiger partial charge in [0.15, 0.2) is 0 Å². The zero-order valence-electron chi connectivity index (χ0n) is 17.6. The van der Waals surface area contributed by atoms with Crippen molar-refractivity contribution in [3.8, 4) is 0 Å². The van der Waals surface area contributed by atoms with Crippen LogP contribution in [0.2, 0.25) is 0 Å². The standard InChI is InChI=1S/C22H27N3O5S/c1-3-21(26)24-17-9-6-15(2)20(13-17)25-22(27)16-7-10-19(11-8-16)31(28,29)23-14-18-5-4-12-30-18/h6-11,13,18,23H,3-5,12,14H2,1-2H3,(H,24,26)(H,25,27). The highest BCUT2D eigenvalue weighted by Gasteiger charge is 2.20. The van der Waals surface area contributed by atoms with Crippen molar-refractivity contribution >= 4 is 33.2 Å². The Balaban J connectivity index is 1.66. The van der Waals surface area contributed by atoms with Crippen LogP contribution in [0.4, 0.5) is 11.4 Å². The maximum atomic E-state index is 12.6. The lowest BCUT2D eigenvalue weighted by molar-refractivity contribution is -0.115. The Morgan fingerprint density at radius 1 is 1.10 bits per heavy atom. The number of hydrogen-bond donors (Lipinski definition) is 3. The zero-order chi connectivity index (χ0) is 22.4. The molecule has 0 bridgehead atoms. The van der Waals surface area contributed by atoms with E-state index in [1.54, 1.807) is 25.1 Å². The molecule has 0 aliphatic carbocycles. The average Bonchev–Trinajstić information content (AvgIpc) is 3.28. The molecule has 2 amide bonds. The number of nitrogens with one attached hydrogen (secondary N) is 3. The summed E-state index contributed by atoms with van der Waals surface area (Å²) in [7, 11) is -3.68. The summed E-state index contributed by atoms with van der Waals surface area (Å²) in [5, 5.41) is 5.56. The molecule has 1 saturated heterocycles. The van der Waals surface area contributed by atoms with E-state index in [-0.39, 0.29) is 29.4 Å². The number of aryl methyl sites for hydroxylation is 1. The summed E-state index contributed by atoms with van der Waals surface area (Å²) in [6, 6.07) is 11.0. The van der Waals surface area contributed by atoms with Crippen LogP contribution in [0.15, 0.2) is 47.4 Å². The van der Waals surface area contributed by atoms with Crippen molar-refractivity contribution in [2.24, 2.45) is 0 Å². The molecule has 9 heteroatoms. The lowest BCUT2D eigenvalue weighted by atomic mass is 10.1. The minimum Gasteiger partial charge on any atom is -0.377 e. The Morgan fingerprint density at radius 3 is 2.48 bits per heavy atom. The van der Waals surface area contributed by atoms with Crippen molar-refractivity contribution in [2.45, 2.75) is 44.1 Å². The first-order valence-corrected chi connectivity index (χ1v) is 11.7. The van der Waals surface area contributed by atoms with Crippen molar-refractivity contribution in [2.75, 3.05) is 23.8 Å². The van der Waals surface area contributed by atoms with Gasteiger partial charge in [0.2, 0.25) is 15.9 Å². The van der Waals surface area contributed by atoms with Gasteiger partial charge in [0.05, 0.1) is 11.0 Å². The summed E-state index contributed by atoms with van der Waals surface area (Å²) in [5.74, 6) is -0.496. The average molecular weight is 446 g/mol. The molecule has 166 valence electrons. The Morgan fingerprint density at radius 2 is 1.84 bits per heavy atom. The van der Waals surface area contributed by atoms with Gasteiger partial charge in [-0.3, -0.25) is 9.59 Å². The van der Waals surface area contributed by atoms with Crippen LogP contribution in [0.5, 0.6) is 0 Å². The Hall–Kier alpha value is -2.75. The maximum absolute atomic E-state index is 12.6. The molecule has 1 atom stereocenters. The van der Waals surface area contributed by atoms with E-state index < -0.39 is 10.0 Å². The summed E-state index contributed by atoms with van der Waals surface area (Å²) >= 11 is 0. The second-order valence-electron chi connectivity index (χ2n) is 7.40. The van der Waals surface area contributed by atoms with E-state index in [1.807, 2.05) is 6.92 Å². The lowest BCUT2D eigenvalue weighted by Crippen LogP contribution is -2.31. The van der Waals surface area contributed by atoms with Gasteiger partial charge in [0.25, 0.3) is 5.91 Å². The largest absolute Gasteiger partial charge is 0.377 e. The van der Waals surface area contributed by atoms with Crippen LogP contribution in [0.3, 0.4) is 0 Å². The predicted molar refractivity (Wildman–Crippen MR) is 119 cm³/mol. The minimum atomic E-state index is -3.68. The first-order valence-electron chi connectivity index (χ1n) is 10.2. The maximum Gasteiger partial charge on any atom is 0.255 e. The van der Waals surface area contributed by atoms with Crippen molar-refractivity contribution in [3.63, 3.8) is 0 Å². The third kappa shape index (κ3) is 6.13. The van der Waals surface area contributed by atoms with E-state index in [0.717, 1.165) is 18.4 Å².